The summed E-state index contributed by atoms with van der Waals surface area (Å²) in [5, 5.41) is 4.77. The van der Waals surface area contributed by atoms with Gasteiger partial charge in [-0.15, -0.1) is 11.3 Å². The number of benzene rings is 1. The van der Waals surface area contributed by atoms with Crippen LogP contribution in [0.25, 0.3) is 10.2 Å². The average molecular weight is 273 g/mol. The van der Waals surface area contributed by atoms with Crippen molar-refractivity contribution in [2.75, 3.05) is 26.2 Å². The number of rotatable bonds is 3. The zero-order valence-electron chi connectivity index (χ0n) is 11.1. The van der Waals surface area contributed by atoms with Crippen molar-refractivity contribution in [3.05, 3.63) is 28.8 Å². The van der Waals surface area contributed by atoms with Gasteiger partial charge in [-0.2, -0.15) is 0 Å². The molecular formula is C15H19N3S. The van der Waals surface area contributed by atoms with Crippen molar-refractivity contribution in [3.63, 3.8) is 0 Å². The van der Waals surface area contributed by atoms with E-state index in [-0.39, 0.29) is 0 Å². The highest BCUT2D eigenvalue weighted by Gasteiger charge is 2.27. The van der Waals surface area contributed by atoms with Crippen molar-refractivity contribution < 1.29 is 0 Å². The molecule has 0 bridgehead atoms. The number of piperazine rings is 1. The number of nitrogens with one attached hydrogen (secondary N) is 1. The maximum atomic E-state index is 4.92. The van der Waals surface area contributed by atoms with Crippen LogP contribution in [0.15, 0.2) is 18.2 Å². The van der Waals surface area contributed by atoms with E-state index in [1.54, 1.807) is 0 Å². The van der Waals surface area contributed by atoms with Gasteiger partial charge in [0, 0.05) is 38.6 Å². The summed E-state index contributed by atoms with van der Waals surface area (Å²) < 4.78 is 1.37. The first kappa shape index (κ1) is 11.8. The second-order valence-electron chi connectivity index (χ2n) is 5.62. The largest absolute Gasteiger partial charge is 0.314 e. The van der Waals surface area contributed by atoms with Gasteiger partial charge in [0.2, 0.25) is 0 Å². The summed E-state index contributed by atoms with van der Waals surface area (Å²) in [4.78, 5) is 7.45. The summed E-state index contributed by atoms with van der Waals surface area (Å²) in [6.45, 7) is 5.57. The van der Waals surface area contributed by atoms with Crippen LogP contribution in [0.3, 0.4) is 0 Å². The average Bonchev–Trinajstić information content (AvgIpc) is 3.20. The highest BCUT2D eigenvalue weighted by molar-refractivity contribution is 7.18. The molecule has 3 nitrogen and oxygen atoms in total. The van der Waals surface area contributed by atoms with E-state index in [9.17, 15) is 0 Å². The Bertz CT molecular complexity index is 582. The topological polar surface area (TPSA) is 28.2 Å². The van der Waals surface area contributed by atoms with E-state index < -0.39 is 0 Å². The van der Waals surface area contributed by atoms with Crippen LogP contribution in [0.4, 0.5) is 0 Å². The summed E-state index contributed by atoms with van der Waals surface area (Å²) in [5.41, 5.74) is 2.66. The molecule has 1 aliphatic carbocycles. The van der Waals surface area contributed by atoms with Crippen molar-refractivity contribution in [1.29, 1.82) is 0 Å². The number of aromatic nitrogens is 1. The highest BCUT2D eigenvalue weighted by Crippen LogP contribution is 2.43. The Hall–Kier alpha value is -0.970. The van der Waals surface area contributed by atoms with Crippen molar-refractivity contribution >= 4 is 21.6 Å². The maximum Gasteiger partial charge on any atom is 0.0969 e. The first-order valence-electron chi connectivity index (χ1n) is 7.21. The SMILES string of the molecule is c1cc(CN2CCNCC2)c2nc(C3CC3)sc2c1. The van der Waals surface area contributed by atoms with Gasteiger partial charge >= 0.3 is 0 Å². The molecule has 1 saturated heterocycles. The van der Waals surface area contributed by atoms with Crippen molar-refractivity contribution in [1.82, 2.24) is 15.2 Å². The molecular weight excluding hydrogens is 254 g/mol. The minimum absolute atomic E-state index is 0.768. The first-order chi connectivity index (χ1) is 9.40. The standard InChI is InChI=1S/C15H19N3S/c1-2-12(10-18-8-6-16-7-9-18)14-13(3-1)19-15(17-14)11-4-5-11/h1-3,11,16H,4-10H2. The lowest BCUT2D eigenvalue weighted by atomic mass is 10.1. The van der Waals surface area contributed by atoms with Gasteiger partial charge in [0.1, 0.15) is 0 Å². The Morgan fingerprint density at radius 3 is 2.89 bits per heavy atom. The molecule has 0 unspecified atom stereocenters. The van der Waals surface area contributed by atoms with E-state index in [0.29, 0.717) is 0 Å². The number of fused-ring (bicyclic) bond motifs is 1. The minimum atomic E-state index is 0.768. The fourth-order valence-electron chi connectivity index (χ4n) is 2.77. The fourth-order valence-corrected chi connectivity index (χ4v) is 3.95. The van der Waals surface area contributed by atoms with Crippen LogP contribution >= 0.6 is 11.3 Å². The van der Waals surface area contributed by atoms with Crippen molar-refractivity contribution in [2.45, 2.75) is 25.3 Å². The van der Waals surface area contributed by atoms with Crippen LogP contribution in [-0.4, -0.2) is 36.1 Å². The van der Waals surface area contributed by atoms with Gasteiger partial charge in [-0.3, -0.25) is 4.90 Å². The molecule has 1 aromatic heterocycles. The Kier molecular flexibility index (Phi) is 3.02. The molecule has 1 aliphatic heterocycles. The molecule has 4 heteroatoms. The maximum absolute atomic E-state index is 4.92. The molecule has 1 saturated carbocycles. The summed E-state index contributed by atoms with van der Waals surface area (Å²) >= 11 is 1.90. The van der Waals surface area contributed by atoms with Gasteiger partial charge in [0.15, 0.2) is 0 Å². The molecule has 1 N–H and O–H groups in total. The molecule has 100 valence electrons. The lowest BCUT2D eigenvalue weighted by Gasteiger charge is -2.27. The van der Waals surface area contributed by atoms with E-state index in [2.05, 4.69) is 28.4 Å². The van der Waals surface area contributed by atoms with E-state index in [1.807, 2.05) is 11.3 Å². The smallest absolute Gasteiger partial charge is 0.0969 e. The number of hydrogen-bond donors (Lipinski definition) is 1. The second kappa shape index (κ2) is 4.85. The number of nitrogens with zero attached hydrogens (tertiary/aromatic N) is 2. The third kappa shape index (κ3) is 2.40. The number of thiazole rings is 1. The summed E-state index contributed by atoms with van der Waals surface area (Å²) in [5.74, 6) is 0.768. The van der Waals surface area contributed by atoms with E-state index in [4.69, 9.17) is 4.98 Å². The van der Waals surface area contributed by atoms with Crippen LogP contribution in [0.1, 0.15) is 29.3 Å². The monoisotopic (exact) mass is 273 g/mol. The lowest BCUT2D eigenvalue weighted by Crippen LogP contribution is -2.42. The summed E-state index contributed by atoms with van der Waals surface area (Å²) in [6.07, 6.45) is 2.68. The van der Waals surface area contributed by atoms with Crippen LogP contribution in [-0.2, 0) is 6.54 Å². The van der Waals surface area contributed by atoms with Crippen LogP contribution in [0.2, 0.25) is 0 Å². The van der Waals surface area contributed by atoms with Gasteiger partial charge in [-0.25, -0.2) is 4.98 Å². The second-order valence-corrected chi connectivity index (χ2v) is 6.68. The van der Waals surface area contributed by atoms with Crippen LogP contribution in [0, 0.1) is 0 Å². The predicted molar refractivity (Wildman–Crippen MR) is 79.7 cm³/mol. The zero-order valence-corrected chi connectivity index (χ0v) is 11.9. The molecule has 4 rings (SSSR count). The predicted octanol–water partition coefficient (Wildman–Crippen LogP) is 2.58. The number of hydrogen-bond acceptors (Lipinski definition) is 4. The quantitative estimate of drug-likeness (QED) is 0.931. The Morgan fingerprint density at radius 2 is 2.11 bits per heavy atom. The molecule has 2 fully saturated rings. The summed E-state index contributed by atoms with van der Waals surface area (Å²) in [6, 6.07) is 6.66. The molecule has 1 aromatic carbocycles. The van der Waals surface area contributed by atoms with Gasteiger partial charge in [-0.1, -0.05) is 12.1 Å². The molecule has 0 atom stereocenters. The number of para-hydroxylation sites is 1. The van der Waals surface area contributed by atoms with Crippen LogP contribution < -0.4 is 5.32 Å². The van der Waals surface area contributed by atoms with Gasteiger partial charge in [0.25, 0.3) is 0 Å². The zero-order chi connectivity index (χ0) is 12.7. The van der Waals surface area contributed by atoms with Gasteiger partial charge in [-0.05, 0) is 24.5 Å². The van der Waals surface area contributed by atoms with E-state index >= 15 is 0 Å². The van der Waals surface area contributed by atoms with E-state index in [0.717, 1.165) is 38.6 Å². The molecule has 2 aromatic rings. The van der Waals surface area contributed by atoms with Gasteiger partial charge in [0.05, 0.1) is 15.2 Å². The molecule has 0 radical (unpaired) electrons. The molecule has 2 heterocycles. The van der Waals surface area contributed by atoms with Crippen molar-refractivity contribution in [3.8, 4) is 0 Å². The van der Waals surface area contributed by atoms with E-state index in [1.165, 1.54) is 33.6 Å². The molecule has 19 heavy (non-hydrogen) atoms. The summed E-state index contributed by atoms with van der Waals surface area (Å²) in [7, 11) is 0. The normalized spacial score (nSPS) is 21.1. The Balaban J connectivity index is 1.64. The lowest BCUT2D eigenvalue weighted by molar-refractivity contribution is 0.234. The highest BCUT2D eigenvalue weighted by atomic mass is 32.1. The first-order valence-corrected chi connectivity index (χ1v) is 8.03. The minimum Gasteiger partial charge on any atom is -0.314 e. The van der Waals surface area contributed by atoms with Gasteiger partial charge < -0.3 is 5.32 Å². The van der Waals surface area contributed by atoms with Crippen molar-refractivity contribution in [2.24, 2.45) is 0 Å². The Morgan fingerprint density at radius 1 is 1.26 bits per heavy atom. The third-order valence-corrected chi connectivity index (χ3v) is 5.23. The molecule has 0 amide bonds. The molecule has 2 aliphatic rings. The molecule has 0 spiro atoms. The van der Waals surface area contributed by atoms with Crippen LogP contribution in [0.5, 0.6) is 0 Å². The Labute approximate surface area is 117 Å². The fraction of sp³-hybridized carbons (Fsp3) is 0.533. The third-order valence-electron chi connectivity index (χ3n) is 4.05.